The molecule has 10 nitrogen and oxygen atoms in total. The van der Waals surface area contributed by atoms with E-state index >= 15 is 0 Å². The molecule has 10 heteroatoms. The van der Waals surface area contributed by atoms with Crippen molar-refractivity contribution in [1.29, 1.82) is 0 Å². The average molecular weight is 723 g/mol. The molecule has 0 aromatic heterocycles. The second-order valence-corrected chi connectivity index (χ2v) is 15.8. The first kappa shape index (κ1) is 37.9. The number of nitrogens with one attached hydrogen (secondary N) is 2. The van der Waals surface area contributed by atoms with Gasteiger partial charge in [0.25, 0.3) is 0 Å². The minimum atomic E-state index is -0.919. The van der Waals surface area contributed by atoms with Crippen molar-refractivity contribution in [2.45, 2.75) is 115 Å². The number of likely N-dealkylation sites (tertiary alicyclic amines) is 1. The van der Waals surface area contributed by atoms with E-state index in [2.05, 4.69) is 47.0 Å². The molecule has 0 radical (unpaired) electrons. The van der Waals surface area contributed by atoms with E-state index in [1.165, 1.54) is 30.6 Å². The normalized spacial score (nSPS) is 20.1. The lowest BCUT2D eigenvalue weighted by Crippen LogP contribution is -2.56. The summed E-state index contributed by atoms with van der Waals surface area (Å²) in [5.41, 5.74) is 12.6. The van der Waals surface area contributed by atoms with Crippen molar-refractivity contribution in [3.05, 3.63) is 95.1 Å². The van der Waals surface area contributed by atoms with E-state index < -0.39 is 47.7 Å². The molecule has 0 spiro atoms. The second kappa shape index (κ2) is 16.9. The predicted octanol–water partition coefficient (Wildman–Crippen LogP) is 7.02. The van der Waals surface area contributed by atoms with Crippen molar-refractivity contribution in [1.82, 2.24) is 15.5 Å². The molecule has 1 saturated carbocycles. The quantitative estimate of drug-likeness (QED) is 0.240. The molecule has 4 amide bonds. The fraction of sp³-hybridized carbons (Fsp3) is 0.488. The SMILES string of the molecule is CC(C)(C)OC(=O)NC(C(=O)N1CC(NC(=O)OCC2c3ccccc3-c3ccccc32)CC1C(N)=O)C1CCCCC1.c1ccc2c(c1)CCCC2. The summed E-state index contributed by atoms with van der Waals surface area (Å²) in [7, 11) is 0. The molecular weight excluding hydrogens is 668 g/mol. The van der Waals surface area contributed by atoms with Crippen molar-refractivity contribution in [3.8, 4) is 11.1 Å². The molecular formula is C43H54N4O6. The zero-order chi connectivity index (χ0) is 37.5. The first-order chi connectivity index (χ1) is 25.5. The highest BCUT2D eigenvalue weighted by atomic mass is 16.6. The molecule has 2 fully saturated rings. The van der Waals surface area contributed by atoms with Crippen molar-refractivity contribution in [2.24, 2.45) is 11.7 Å². The molecule has 3 aromatic carbocycles. The zero-order valence-corrected chi connectivity index (χ0v) is 31.3. The lowest BCUT2D eigenvalue weighted by molar-refractivity contribution is -0.140. The molecule has 3 atom stereocenters. The number of ether oxygens (including phenoxy) is 2. The number of benzene rings is 3. The highest BCUT2D eigenvalue weighted by molar-refractivity contribution is 5.92. The van der Waals surface area contributed by atoms with Gasteiger partial charge in [-0.3, -0.25) is 9.59 Å². The Balaban J connectivity index is 0.000000411. The number of hydrogen-bond donors (Lipinski definition) is 3. The van der Waals surface area contributed by atoms with Crippen LogP contribution in [0.25, 0.3) is 11.1 Å². The average Bonchev–Trinajstić information content (AvgIpc) is 3.72. The van der Waals surface area contributed by atoms with Crippen LogP contribution in [0.4, 0.5) is 9.59 Å². The number of aryl methyl sites for hydroxylation is 2. The van der Waals surface area contributed by atoms with Crippen molar-refractivity contribution < 1.29 is 28.7 Å². The Morgan fingerprint density at radius 3 is 1.92 bits per heavy atom. The van der Waals surface area contributed by atoms with Crippen LogP contribution in [0.3, 0.4) is 0 Å². The summed E-state index contributed by atoms with van der Waals surface area (Å²) in [6.45, 7) is 5.50. The number of primary amides is 1. The van der Waals surface area contributed by atoms with E-state index in [4.69, 9.17) is 15.2 Å². The molecule has 3 aliphatic carbocycles. The molecule has 1 saturated heterocycles. The number of fused-ring (bicyclic) bond motifs is 4. The van der Waals surface area contributed by atoms with Gasteiger partial charge in [0.2, 0.25) is 11.8 Å². The molecule has 7 rings (SSSR count). The third-order valence-electron chi connectivity index (χ3n) is 10.9. The standard InChI is InChI=1S/C33H42N4O6.C10H12/c1-33(2,3)43-32(41)36-28(20-11-5-4-6-12-20)30(39)37-18-21(17-27(37)29(34)38)35-31(40)42-19-26-24-15-9-7-13-22(24)23-14-8-10-16-25(23)26;1-2-6-10-8-4-3-7-9(10)5-1/h7-10,13-16,20-21,26-28H,4-6,11-12,17-19H2,1-3H3,(H2,34,38)(H,35,40)(H,36,41);1-2,5-6H,3-4,7-8H2. The van der Waals surface area contributed by atoms with Crippen molar-refractivity contribution in [3.63, 3.8) is 0 Å². The fourth-order valence-corrected chi connectivity index (χ4v) is 8.40. The van der Waals surface area contributed by atoms with Gasteiger partial charge in [-0.05, 0) is 105 Å². The van der Waals surface area contributed by atoms with Crippen LogP contribution in [0, 0.1) is 5.92 Å². The summed E-state index contributed by atoms with van der Waals surface area (Å²) in [6, 6.07) is 22.7. The minimum absolute atomic E-state index is 0.0792. The van der Waals surface area contributed by atoms with E-state index in [-0.39, 0.29) is 31.4 Å². The summed E-state index contributed by atoms with van der Waals surface area (Å²) in [4.78, 5) is 53.5. The van der Waals surface area contributed by atoms with Gasteiger partial charge in [-0.15, -0.1) is 0 Å². The van der Waals surface area contributed by atoms with E-state index in [0.717, 1.165) is 54.4 Å². The molecule has 1 heterocycles. The van der Waals surface area contributed by atoms with E-state index in [0.29, 0.717) is 0 Å². The Labute approximate surface area is 313 Å². The van der Waals surface area contributed by atoms with Crippen LogP contribution < -0.4 is 16.4 Å². The van der Waals surface area contributed by atoms with Crippen LogP contribution in [0.15, 0.2) is 72.8 Å². The number of nitrogens with zero attached hydrogens (tertiary/aromatic N) is 1. The highest BCUT2D eigenvalue weighted by Crippen LogP contribution is 2.44. The fourth-order valence-electron chi connectivity index (χ4n) is 8.40. The van der Waals surface area contributed by atoms with Crippen LogP contribution in [-0.2, 0) is 31.9 Å². The van der Waals surface area contributed by atoms with Gasteiger partial charge in [0.1, 0.15) is 24.3 Å². The third-order valence-corrected chi connectivity index (χ3v) is 10.9. The number of carbonyl (C=O) groups is 4. The van der Waals surface area contributed by atoms with Crippen molar-refractivity contribution >= 4 is 24.0 Å². The molecule has 282 valence electrons. The molecule has 3 unspecified atom stereocenters. The van der Waals surface area contributed by atoms with E-state index in [9.17, 15) is 19.2 Å². The molecule has 4 aliphatic rings. The number of amides is 4. The maximum atomic E-state index is 13.9. The monoisotopic (exact) mass is 722 g/mol. The van der Waals surface area contributed by atoms with Gasteiger partial charge < -0.3 is 30.7 Å². The molecule has 53 heavy (non-hydrogen) atoms. The first-order valence-electron chi connectivity index (χ1n) is 19.3. The van der Waals surface area contributed by atoms with Crippen LogP contribution in [0.5, 0.6) is 0 Å². The summed E-state index contributed by atoms with van der Waals surface area (Å²) in [5.74, 6) is -1.23. The Morgan fingerprint density at radius 1 is 0.792 bits per heavy atom. The summed E-state index contributed by atoms with van der Waals surface area (Å²) in [5, 5.41) is 5.62. The number of nitrogens with two attached hydrogens (primary N) is 1. The van der Waals surface area contributed by atoms with E-state index in [1.54, 1.807) is 31.9 Å². The lowest BCUT2D eigenvalue weighted by atomic mass is 9.83. The molecule has 1 aliphatic heterocycles. The molecule has 3 aromatic rings. The highest BCUT2D eigenvalue weighted by Gasteiger charge is 2.44. The van der Waals surface area contributed by atoms with Gasteiger partial charge in [0.05, 0.1) is 6.04 Å². The maximum Gasteiger partial charge on any atom is 0.408 e. The van der Waals surface area contributed by atoms with Crippen LogP contribution in [0.1, 0.15) is 100 Å². The summed E-state index contributed by atoms with van der Waals surface area (Å²) in [6.07, 6.45) is 8.77. The maximum absolute atomic E-state index is 13.9. The Morgan fingerprint density at radius 2 is 1.36 bits per heavy atom. The van der Waals surface area contributed by atoms with Gasteiger partial charge in [-0.1, -0.05) is 92.1 Å². The van der Waals surface area contributed by atoms with Gasteiger partial charge in [-0.25, -0.2) is 9.59 Å². The summed E-state index contributed by atoms with van der Waals surface area (Å²) >= 11 is 0. The predicted molar refractivity (Wildman–Crippen MR) is 204 cm³/mol. The van der Waals surface area contributed by atoms with Gasteiger partial charge >= 0.3 is 12.2 Å². The Hall–Kier alpha value is -4.86. The van der Waals surface area contributed by atoms with Crippen LogP contribution >= 0.6 is 0 Å². The third kappa shape index (κ3) is 9.39. The smallest absolute Gasteiger partial charge is 0.408 e. The first-order valence-corrected chi connectivity index (χ1v) is 19.3. The number of alkyl carbamates (subject to hydrolysis) is 2. The topological polar surface area (TPSA) is 140 Å². The largest absolute Gasteiger partial charge is 0.449 e. The van der Waals surface area contributed by atoms with Crippen LogP contribution in [-0.4, -0.2) is 65.8 Å². The van der Waals surface area contributed by atoms with E-state index in [1.807, 2.05) is 36.4 Å². The zero-order valence-electron chi connectivity index (χ0n) is 31.3. The van der Waals surface area contributed by atoms with Gasteiger partial charge in [0.15, 0.2) is 0 Å². The lowest BCUT2D eigenvalue weighted by Gasteiger charge is -2.34. The van der Waals surface area contributed by atoms with Crippen molar-refractivity contribution in [2.75, 3.05) is 13.2 Å². The number of rotatable bonds is 7. The Kier molecular flexibility index (Phi) is 12.1. The molecule has 4 N–H and O–H groups in total. The van der Waals surface area contributed by atoms with Gasteiger partial charge in [0, 0.05) is 12.5 Å². The second-order valence-electron chi connectivity index (χ2n) is 15.8. The molecule has 0 bridgehead atoms. The Bertz CT molecular complexity index is 1710. The van der Waals surface area contributed by atoms with Crippen LogP contribution in [0.2, 0.25) is 0 Å². The minimum Gasteiger partial charge on any atom is -0.449 e. The summed E-state index contributed by atoms with van der Waals surface area (Å²) < 4.78 is 11.1. The number of hydrogen-bond acceptors (Lipinski definition) is 6. The number of carbonyl (C=O) groups excluding carboxylic acids is 4. The van der Waals surface area contributed by atoms with Gasteiger partial charge in [-0.2, -0.15) is 0 Å².